The van der Waals surface area contributed by atoms with Crippen molar-refractivity contribution in [2.24, 2.45) is 10.8 Å². The minimum atomic E-state index is -0.124. The van der Waals surface area contributed by atoms with Crippen LogP contribution < -0.4 is 0 Å². The number of nitrogens with zero attached hydrogens (tertiary/aromatic N) is 2. The number of rotatable bonds is 10. The van der Waals surface area contributed by atoms with Gasteiger partial charge >= 0.3 is 0 Å². The van der Waals surface area contributed by atoms with Crippen LogP contribution in [-0.4, -0.2) is 41.6 Å². The Kier molecular flexibility index (Phi) is 12.1. The van der Waals surface area contributed by atoms with Crippen molar-refractivity contribution in [1.29, 1.82) is 0 Å². The van der Waals surface area contributed by atoms with Gasteiger partial charge in [0.15, 0.2) is 0 Å². The van der Waals surface area contributed by atoms with E-state index in [0.717, 1.165) is 19.8 Å². The van der Waals surface area contributed by atoms with Crippen LogP contribution in [0.2, 0.25) is 0 Å². The summed E-state index contributed by atoms with van der Waals surface area (Å²) in [5.74, 6) is 1.21. The second-order valence-electron chi connectivity index (χ2n) is 19.9. The van der Waals surface area contributed by atoms with Gasteiger partial charge in [-0.25, -0.2) is 0 Å². The number of benzene rings is 4. The molecule has 7 rings (SSSR count). The zero-order valence-corrected chi connectivity index (χ0v) is 38.9. The minimum absolute atomic E-state index is 0.124. The highest BCUT2D eigenvalue weighted by atomic mass is 15.4. The van der Waals surface area contributed by atoms with Crippen molar-refractivity contribution in [3.8, 4) is 0 Å². The summed E-state index contributed by atoms with van der Waals surface area (Å²) >= 11 is 0. The molecule has 4 aromatic carbocycles. The van der Waals surface area contributed by atoms with Crippen LogP contribution in [0.1, 0.15) is 132 Å². The maximum Gasteiger partial charge on any atom is 0.0519 e. The molecule has 0 saturated carbocycles. The maximum atomic E-state index is 2.88. The average Bonchev–Trinajstić information content (AvgIpc) is 3.63. The summed E-state index contributed by atoms with van der Waals surface area (Å²) in [6.45, 7) is 36.0. The third-order valence-electron chi connectivity index (χ3n) is 14.9. The van der Waals surface area contributed by atoms with Crippen LogP contribution in [0.15, 0.2) is 120 Å². The Morgan fingerprint density at radius 3 is 0.983 bits per heavy atom. The van der Waals surface area contributed by atoms with Crippen molar-refractivity contribution in [2.75, 3.05) is 19.8 Å². The predicted molar refractivity (Wildman–Crippen MR) is 254 cm³/mol. The monoisotopic (exact) mass is 785 g/mol. The fourth-order valence-corrected chi connectivity index (χ4v) is 11.7. The van der Waals surface area contributed by atoms with Crippen molar-refractivity contribution < 1.29 is 0 Å². The highest BCUT2D eigenvalue weighted by Gasteiger charge is 2.51. The zero-order valence-electron chi connectivity index (χ0n) is 38.9. The Morgan fingerprint density at radius 1 is 0.424 bits per heavy atom. The molecular weight excluding hydrogens is 713 g/mol. The van der Waals surface area contributed by atoms with Gasteiger partial charge in [-0.2, -0.15) is 0 Å². The topological polar surface area (TPSA) is 6.48 Å². The van der Waals surface area contributed by atoms with Gasteiger partial charge in [-0.15, -0.1) is 0 Å². The number of aryl methyl sites for hydroxylation is 8. The Hall–Kier alpha value is -4.24. The maximum absolute atomic E-state index is 2.88. The van der Waals surface area contributed by atoms with E-state index in [-0.39, 0.29) is 34.7 Å². The summed E-state index contributed by atoms with van der Waals surface area (Å²) in [5.41, 5.74) is 19.3. The largest absolute Gasteiger partial charge is 0.282 e. The first-order chi connectivity index (χ1) is 27.9. The van der Waals surface area contributed by atoms with Crippen molar-refractivity contribution in [2.45, 2.75) is 133 Å². The molecule has 4 aromatic rings. The van der Waals surface area contributed by atoms with Gasteiger partial charge in [0.2, 0.25) is 0 Å². The van der Waals surface area contributed by atoms with Crippen LogP contribution in [0.5, 0.6) is 0 Å². The Morgan fingerprint density at radius 2 is 0.695 bits per heavy atom. The lowest BCUT2D eigenvalue weighted by atomic mass is 9.62. The molecule has 8 unspecified atom stereocenters. The third kappa shape index (κ3) is 8.42. The van der Waals surface area contributed by atoms with Crippen molar-refractivity contribution in [1.82, 2.24) is 9.80 Å². The van der Waals surface area contributed by atoms with Crippen molar-refractivity contribution in [3.05, 3.63) is 187 Å². The van der Waals surface area contributed by atoms with E-state index in [1.807, 2.05) is 0 Å². The summed E-state index contributed by atoms with van der Waals surface area (Å²) in [7, 11) is 0. The van der Waals surface area contributed by atoms with Crippen molar-refractivity contribution in [3.63, 3.8) is 0 Å². The molecule has 1 saturated heterocycles. The summed E-state index contributed by atoms with van der Waals surface area (Å²) < 4.78 is 0. The molecule has 0 bridgehead atoms. The Bertz CT molecular complexity index is 2090. The number of hydrogen-bond acceptors (Lipinski definition) is 2. The molecule has 59 heavy (non-hydrogen) atoms. The molecule has 0 aromatic heterocycles. The predicted octanol–water partition coefficient (Wildman–Crippen LogP) is 14.0. The van der Waals surface area contributed by atoms with E-state index in [4.69, 9.17) is 0 Å². The highest BCUT2D eigenvalue weighted by Crippen LogP contribution is 2.53. The smallest absolute Gasteiger partial charge is 0.0519 e. The Balaban J connectivity index is 1.33. The lowest BCUT2D eigenvalue weighted by Crippen LogP contribution is -2.53. The van der Waals surface area contributed by atoms with E-state index in [2.05, 4.69) is 216 Å². The van der Waals surface area contributed by atoms with Gasteiger partial charge in [-0.1, -0.05) is 195 Å². The number of allylic oxidation sites excluding steroid dienone is 4. The van der Waals surface area contributed by atoms with E-state index < -0.39 is 0 Å². The summed E-state index contributed by atoms with van der Waals surface area (Å²) in [4.78, 5) is 5.76. The molecule has 1 heterocycles. The van der Waals surface area contributed by atoms with Crippen LogP contribution in [0.3, 0.4) is 0 Å². The van der Waals surface area contributed by atoms with Gasteiger partial charge in [0, 0.05) is 47.8 Å². The molecule has 3 aliphatic rings. The van der Waals surface area contributed by atoms with Crippen molar-refractivity contribution >= 4 is 0 Å². The summed E-state index contributed by atoms with van der Waals surface area (Å²) in [6, 6.07) is 29.2. The van der Waals surface area contributed by atoms with Gasteiger partial charge < -0.3 is 0 Å². The zero-order chi connectivity index (χ0) is 42.6. The fourth-order valence-electron chi connectivity index (χ4n) is 11.7. The van der Waals surface area contributed by atoms with Crippen LogP contribution in [0.4, 0.5) is 0 Å². The first-order valence-electron chi connectivity index (χ1n) is 22.5. The molecule has 2 aliphatic carbocycles. The molecule has 0 spiro atoms. The van der Waals surface area contributed by atoms with E-state index >= 15 is 0 Å². The lowest BCUT2D eigenvalue weighted by Gasteiger charge is -2.51. The van der Waals surface area contributed by atoms with Gasteiger partial charge in [-0.05, 0) is 101 Å². The highest BCUT2D eigenvalue weighted by molar-refractivity contribution is 5.46. The molecule has 8 atom stereocenters. The van der Waals surface area contributed by atoms with E-state index in [0.29, 0.717) is 11.8 Å². The minimum Gasteiger partial charge on any atom is -0.282 e. The van der Waals surface area contributed by atoms with Gasteiger partial charge in [0.1, 0.15) is 0 Å². The third-order valence-corrected chi connectivity index (χ3v) is 14.9. The molecule has 1 aliphatic heterocycles. The molecule has 2 heteroatoms. The van der Waals surface area contributed by atoms with Crippen LogP contribution in [0, 0.1) is 66.2 Å². The molecule has 0 N–H and O–H groups in total. The van der Waals surface area contributed by atoms with Gasteiger partial charge in [0.05, 0.1) is 6.67 Å². The van der Waals surface area contributed by atoms with E-state index in [1.54, 1.807) is 0 Å². The average molecular weight is 785 g/mol. The van der Waals surface area contributed by atoms with Gasteiger partial charge in [-0.3, -0.25) is 9.80 Å². The fraction of sp³-hybridized carbons (Fsp3) is 0.439. The molecule has 2 nitrogen and oxygen atoms in total. The first kappa shape index (κ1) is 42.9. The van der Waals surface area contributed by atoms with Crippen LogP contribution in [0.25, 0.3) is 0 Å². The molecule has 0 amide bonds. The van der Waals surface area contributed by atoms with Crippen LogP contribution >= 0.6 is 0 Å². The second-order valence-corrected chi connectivity index (χ2v) is 19.9. The molecular formula is C57H72N2. The normalized spacial score (nSPS) is 25.7. The van der Waals surface area contributed by atoms with Crippen LogP contribution in [-0.2, 0) is 0 Å². The molecule has 0 radical (unpaired) electrons. The number of hydrogen-bond donors (Lipinski definition) is 0. The standard InChI is InChI=1S/C57H72N2/c1-36-23-37(2)28-48(27-36)44(9)52-17-15-19-56(13,46(11)50-31-40(5)25-41(6)32-50)54(52)58-21-22-59(35-58)55-53(45(10)49-29-38(3)24-39(4)30-49)18-16-20-57(55,14)47(12)51-33-42(7)26-43(8)34-51/h15-20,23-34,44-47,54-55H,21-22,35H2,1-14H3. The lowest BCUT2D eigenvalue weighted by molar-refractivity contribution is 0.0771. The molecule has 310 valence electrons. The quantitative estimate of drug-likeness (QED) is 0.158. The summed E-state index contributed by atoms with van der Waals surface area (Å²) in [5, 5.41) is 0. The second kappa shape index (κ2) is 16.7. The first-order valence-corrected chi connectivity index (χ1v) is 22.5. The van der Waals surface area contributed by atoms with E-state index in [9.17, 15) is 0 Å². The summed E-state index contributed by atoms with van der Waals surface area (Å²) in [6.07, 6.45) is 14.9. The van der Waals surface area contributed by atoms with E-state index in [1.165, 1.54) is 77.9 Å². The Labute approximate surface area is 358 Å². The SMILES string of the molecule is Cc1cc(C)cc(C(C)C2=CC=CC(C)(C(C)c3cc(C)cc(C)c3)C2N2CCN(C3C(C(C)c4cc(C)cc(C)c4)=CC=CC3(C)C(C)c3cc(C)cc(C)c3)C2)c1. The van der Waals surface area contributed by atoms with Gasteiger partial charge in [0.25, 0.3) is 0 Å². The molecule has 1 fully saturated rings.